The molecule has 1 amide bonds. The van der Waals surface area contributed by atoms with E-state index in [4.69, 9.17) is 11.6 Å². The first-order valence-corrected chi connectivity index (χ1v) is 13.2. The standard InChI is InChI=1S/C27H36ClN5O/c28-22-7-5-19(6-8-22)26-21(18-30-32-26)17-29-23-13-15-33(16-14-23)25-11-9-24(10-12-25)31-27(34)20-3-1-2-4-20/h5-12,20-21,23,26,29-30,32H,1-4,13-18H2,(H,31,34). The molecule has 0 bridgehead atoms. The third-order valence-corrected chi connectivity index (χ3v) is 7.96. The lowest BCUT2D eigenvalue weighted by Crippen LogP contribution is -2.44. The Morgan fingerprint density at radius 1 is 0.971 bits per heavy atom. The minimum absolute atomic E-state index is 0.183. The summed E-state index contributed by atoms with van der Waals surface area (Å²) >= 11 is 6.06. The zero-order chi connectivity index (χ0) is 23.3. The fourth-order valence-electron chi connectivity index (χ4n) is 5.60. The van der Waals surface area contributed by atoms with Crippen molar-refractivity contribution in [3.8, 4) is 0 Å². The molecule has 0 aromatic heterocycles. The van der Waals surface area contributed by atoms with Gasteiger partial charge < -0.3 is 15.5 Å². The van der Waals surface area contributed by atoms with Crippen LogP contribution < -0.4 is 26.4 Å². The lowest BCUT2D eigenvalue weighted by atomic mass is 9.94. The molecule has 2 unspecified atom stereocenters. The van der Waals surface area contributed by atoms with Crippen LogP contribution in [-0.4, -0.2) is 38.1 Å². The first-order chi connectivity index (χ1) is 16.7. The number of nitrogens with one attached hydrogen (secondary N) is 4. The van der Waals surface area contributed by atoms with Gasteiger partial charge in [-0.3, -0.25) is 10.2 Å². The number of halogens is 1. The van der Waals surface area contributed by atoms with E-state index in [9.17, 15) is 4.79 Å². The number of nitrogens with zero attached hydrogens (tertiary/aromatic N) is 1. The summed E-state index contributed by atoms with van der Waals surface area (Å²) in [5.41, 5.74) is 10.2. The SMILES string of the molecule is O=C(Nc1ccc(N2CCC(NCC3CNNC3c3ccc(Cl)cc3)CC2)cc1)C1CCCC1. The first kappa shape index (κ1) is 23.6. The summed E-state index contributed by atoms with van der Waals surface area (Å²) in [6, 6.07) is 17.4. The molecule has 2 saturated heterocycles. The molecule has 5 rings (SSSR count). The predicted octanol–water partition coefficient (Wildman–Crippen LogP) is 4.49. The van der Waals surface area contributed by atoms with E-state index in [0.29, 0.717) is 18.0 Å². The highest BCUT2D eigenvalue weighted by Crippen LogP contribution is 2.28. The van der Waals surface area contributed by atoms with E-state index in [-0.39, 0.29) is 11.8 Å². The number of piperidine rings is 1. The molecule has 2 aliphatic heterocycles. The Bertz CT molecular complexity index is 936. The quantitative estimate of drug-likeness (QED) is 0.469. The van der Waals surface area contributed by atoms with Gasteiger partial charge in [-0.15, -0.1) is 0 Å². The summed E-state index contributed by atoms with van der Waals surface area (Å²) in [5, 5.41) is 7.70. The second-order valence-corrected chi connectivity index (χ2v) is 10.4. The molecule has 182 valence electrons. The van der Waals surface area contributed by atoms with Crippen LogP contribution in [0.4, 0.5) is 11.4 Å². The molecule has 7 heteroatoms. The van der Waals surface area contributed by atoms with E-state index in [1.54, 1.807) is 0 Å². The zero-order valence-electron chi connectivity index (χ0n) is 19.7. The fourth-order valence-corrected chi connectivity index (χ4v) is 5.73. The van der Waals surface area contributed by atoms with Crippen LogP contribution in [0.25, 0.3) is 0 Å². The average molecular weight is 482 g/mol. The lowest BCUT2D eigenvalue weighted by molar-refractivity contribution is -0.119. The van der Waals surface area contributed by atoms with Crippen LogP contribution in [0.5, 0.6) is 0 Å². The third kappa shape index (κ3) is 5.74. The summed E-state index contributed by atoms with van der Waals surface area (Å²) in [5.74, 6) is 0.887. The Hall–Kier alpha value is -2.12. The summed E-state index contributed by atoms with van der Waals surface area (Å²) in [6.45, 7) is 4.05. The topological polar surface area (TPSA) is 68.4 Å². The fraction of sp³-hybridized carbons (Fsp3) is 0.519. The van der Waals surface area contributed by atoms with Gasteiger partial charge in [0.05, 0.1) is 6.04 Å². The molecule has 6 nitrogen and oxygen atoms in total. The Labute approximate surface area is 207 Å². The number of carbonyl (C=O) groups excluding carboxylic acids is 1. The molecule has 2 aromatic rings. The summed E-state index contributed by atoms with van der Waals surface area (Å²) < 4.78 is 0. The summed E-state index contributed by atoms with van der Waals surface area (Å²) in [6.07, 6.45) is 6.70. The minimum Gasteiger partial charge on any atom is -0.371 e. The van der Waals surface area contributed by atoms with Crippen molar-refractivity contribution in [2.24, 2.45) is 11.8 Å². The van der Waals surface area contributed by atoms with Gasteiger partial charge in [0.15, 0.2) is 0 Å². The van der Waals surface area contributed by atoms with Gasteiger partial charge in [-0.1, -0.05) is 36.6 Å². The van der Waals surface area contributed by atoms with Crippen molar-refractivity contribution in [3.05, 3.63) is 59.1 Å². The highest BCUT2D eigenvalue weighted by atomic mass is 35.5. The molecule has 2 heterocycles. The molecule has 3 aliphatic rings. The maximum absolute atomic E-state index is 12.4. The van der Waals surface area contributed by atoms with Gasteiger partial charge >= 0.3 is 0 Å². The number of benzene rings is 2. The minimum atomic E-state index is 0.183. The Morgan fingerprint density at radius 2 is 1.68 bits per heavy atom. The zero-order valence-corrected chi connectivity index (χ0v) is 20.5. The molecular weight excluding hydrogens is 446 g/mol. The Morgan fingerprint density at radius 3 is 2.38 bits per heavy atom. The highest BCUT2D eigenvalue weighted by Gasteiger charge is 2.29. The smallest absolute Gasteiger partial charge is 0.227 e. The molecule has 2 atom stereocenters. The molecule has 0 spiro atoms. The van der Waals surface area contributed by atoms with E-state index in [1.807, 2.05) is 24.3 Å². The number of hydrazine groups is 1. The van der Waals surface area contributed by atoms with E-state index >= 15 is 0 Å². The molecule has 1 saturated carbocycles. The second-order valence-electron chi connectivity index (χ2n) is 10.0. The number of carbonyl (C=O) groups is 1. The summed E-state index contributed by atoms with van der Waals surface area (Å²) in [4.78, 5) is 14.8. The molecule has 4 N–H and O–H groups in total. The molecule has 2 aromatic carbocycles. The van der Waals surface area contributed by atoms with Gasteiger partial charge in [0.25, 0.3) is 0 Å². The van der Waals surface area contributed by atoms with Crippen molar-refractivity contribution in [2.45, 2.75) is 50.6 Å². The molecule has 3 fully saturated rings. The van der Waals surface area contributed by atoms with Gasteiger partial charge in [0, 0.05) is 60.5 Å². The van der Waals surface area contributed by atoms with Crippen molar-refractivity contribution < 1.29 is 4.79 Å². The number of anilines is 2. The van der Waals surface area contributed by atoms with Crippen LogP contribution in [-0.2, 0) is 4.79 Å². The molecule has 0 radical (unpaired) electrons. The van der Waals surface area contributed by atoms with Crippen LogP contribution >= 0.6 is 11.6 Å². The van der Waals surface area contributed by atoms with Crippen molar-refractivity contribution in [1.29, 1.82) is 0 Å². The largest absolute Gasteiger partial charge is 0.371 e. The molecule has 34 heavy (non-hydrogen) atoms. The number of amides is 1. The number of hydrogen-bond donors (Lipinski definition) is 4. The van der Waals surface area contributed by atoms with E-state index in [2.05, 4.69) is 50.7 Å². The van der Waals surface area contributed by atoms with Gasteiger partial charge in [0.2, 0.25) is 5.91 Å². The van der Waals surface area contributed by atoms with E-state index in [1.165, 1.54) is 24.1 Å². The lowest BCUT2D eigenvalue weighted by Gasteiger charge is -2.35. The van der Waals surface area contributed by atoms with Gasteiger partial charge in [-0.05, 0) is 67.6 Å². The average Bonchev–Trinajstić information content (AvgIpc) is 3.57. The third-order valence-electron chi connectivity index (χ3n) is 7.71. The molecule has 1 aliphatic carbocycles. The maximum atomic E-state index is 12.4. The van der Waals surface area contributed by atoms with Crippen molar-refractivity contribution >= 4 is 28.9 Å². The van der Waals surface area contributed by atoms with Gasteiger partial charge in [-0.25, -0.2) is 5.43 Å². The van der Waals surface area contributed by atoms with Crippen LogP contribution in [0.2, 0.25) is 5.02 Å². The van der Waals surface area contributed by atoms with E-state index in [0.717, 1.165) is 62.6 Å². The molecular formula is C27H36ClN5O. The second kappa shape index (κ2) is 11.1. The van der Waals surface area contributed by atoms with Crippen LogP contribution in [0.3, 0.4) is 0 Å². The van der Waals surface area contributed by atoms with Crippen molar-refractivity contribution in [1.82, 2.24) is 16.2 Å². The predicted molar refractivity (Wildman–Crippen MR) is 139 cm³/mol. The van der Waals surface area contributed by atoms with Crippen molar-refractivity contribution in [3.63, 3.8) is 0 Å². The number of hydrogen-bond acceptors (Lipinski definition) is 5. The van der Waals surface area contributed by atoms with Gasteiger partial charge in [-0.2, -0.15) is 0 Å². The highest BCUT2D eigenvalue weighted by molar-refractivity contribution is 6.30. The van der Waals surface area contributed by atoms with Crippen LogP contribution in [0, 0.1) is 11.8 Å². The summed E-state index contributed by atoms with van der Waals surface area (Å²) in [7, 11) is 0. The van der Waals surface area contributed by atoms with Crippen LogP contribution in [0.1, 0.15) is 50.1 Å². The van der Waals surface area contributed by atoms with Crippen LogP contribution in [0.15, 0.2) is 48.5 Å². The Balaban J connectivity index is 1.07. The van der Waals surface area contributed by atoms with Crippen molar-refractivity contribution in [2.75, 3.05) is 36.4 Å². The maximum Gasteiger partial charge on any atom is 0.227 e. The van der Waals surface area contributed by atoms with E-state index < -0.39 is 0 Å². The monoisotopic (exact) mass is 481 g/mol. The number of rotatable bonds is 7. The Kier molecular flexibility index (Phi) is 7.70. The normalized spacial score (nSPS) is 24.0. The van der Waals surface area contributed by atoms with Gasteiger partial charge in [0.1, 0.15) is 0 Å². The first-order valence-electron chi connectivity index (χ1n) is 12.8.